The molecule has 0 spiro atoms. The van der Waals surface area contributed by atoms with Gasteiger partial charge in [-0.1, -0.05) is 186 Å². The molecule has 1 aliphatic rings. The molecule has 8 unspecified atom stereocenters. The molecular formula is C45H85NO9. The average Bonchev–Trinajstić information content (AvgIpc) is 3.18. The Hall–Kier alpha value is -1.37. The summed E-state index contributed by atoms with van der Waals surface area (Å²) in [5, 5.41) is 64.6. The summed E-state index contributed by atoms with van der Waals surface area (Å²) in [5.41, 5.74) is 0. The van der Waals surface area contributed by atoms with Crippen LogP contribution in [0, 0.1) is 0 Å². The summed E-state index contributed by atoms with van der Waals surface area (Å²) in [7, 11) is 0. The molecule has 1 rings (SSSR count). The number of unbranched alkanes of at least 4 members (excludes halogenated alkanes) is 24. The maximum Gasteiger partial charge on any atom is 0.249 e. The predicted octanol–water partition coefficient (Wildman–Crippen LogP) is 8.08. The lowest BCUT2D eigenvalue weighted by atomic mass is 9.99. The highest BCUT2D eigenvalue weighted by molar-refractivity contribution is 5.80. The molecule has 7 N–H and O–H groups in total. The van der Waals surface area contributed by atoms with E-state index < -0.39 is 61.5 Å². The van der Waals surface area contributed by atoms with Crippen LogP contribution in [0.15, 0.2) is 24.3 Å². The Morgan fingerprint density at radius 1 is 0.618 bits per heavy atom. The molecule has 0 aromatic rings. The van der Waals surface area contributed by atoms with Crippen LogP contribution in [0.25, 0.3) is 0 Å². The van der Waals surface area contributed by atoms with E-state index in [2.05, 4.69) is 31.3 Å². The zero-order chi connectivity index (χ0) is 40.4. The fraction of sp³-hybridized carbons (Fsp3) is 0.889. The molecule has 1 saturated heterocycles. The molecule has 1 aliphatic heterocycles. The van der Waals surface area contributed by atoms with Crippen molar-refractivity contribution in [2.75, 3.05) is 13.2 Å². The average molecular weight is 784 g/mol. The molecule has 1 heterocycles. The van der Waals surface area contributed by atoms with Crippen molar-refractivity contribution in [2.45, 2.75) is 243 Å². The summed E-state index contributed by atoms with van der Waals surface area (Å²) in [6.45, 7) is 3.58. The van der Waals surface area contributed by atoms with Crippen LogP contribution in [0.2, 0.25) is 0 Å². The quantitative estimate of drug-likeness (QED) is 0.0243. The Balaban J connectivity index is 2.46. The van der Waals surface area contributed by atoms with Gasteiger partial charge in [-0.2, -0.15) is 0 Å². The second-order valence-corrected chi connectivity index (χ2v) is 16.0. The van der Waals surface area contributed by atoms with Crippen LogP contribution < -0.4 is 5.32 Å². The van der Waals surface area contributed by atoms with Crippen LogP contribution in [-0.4, -0.2) is 98.7 Å². The number of ether oxygens (including phenoxy) is 2. The smallest absolute Gasteiger partial charge is 0.249 e. The molecule has 0 saturated carbocycles. The monoisotopic (exact) mass is 784 g/mol. The van der Waals surface area contributed by atoms with Gasteiger partial charge in [-0.05, 0) is 32.1 Å². The number of rotatable bonds is 37. The minimum Gasteiger partial charge on any atom is -0.394 e. The van der Waals surface area contributed by atoms with E-state index >= 15 is 0 Å². The van der Waals surface area contributed by atoms with E-state index in [1.54, 1.807) is 6.08 Å². The first-order valence-electron chi connectivity index (χ1n) is 22.7. The lowest BCUT2D eigenvalue weighted by Crippen LogP contribution is -2.60. The minimum absolute atomic E-state index is 0.307. The van der Waals surface area contributed by atoms with Crippen molar-refractivity contribution in [3.05, 3.63) is 24.3 Å². The zero-order valence-electron chi connectivity index (χ0n) is 35.0. The molecule has 0 bridgehead atoms. The van der Waals surface area contributed by atoms with E-state index in [4.69, 9.17) is 9.47 Å². The summed E-state index contributed by atoms with van der Waals surface area (Å²) >= 11 is 0. The van der Waals surface area contributed by atoms with Gasteiger partial charge < -0.3 is 45.4 Å². The summed E-state index contributed by atoms with van der Waals surface area (Å²) in [6, 6.07) is -0.992. The second kappa shape index (κ2) is 35.8. The van der Waals surface area contributed by atoms with Crippen LogP contribution in [0.5, 0.6) is 0 Å². The van der Waals surface area contributed by atoms with Gasteiger partial charge in [0.25, 0.3) is 0 Å². The van der Waals surface area contributed by atoms with Crippen LogP contribution in [0.3, 0.4) is 0 Å². The van der Waals surface area contributed by atoms with Gasteiger partial charge in [0, 0.05) is 0 Å². The molecule has 324 valence electrons. The molecule has 0 aliphatic carbocycles. The molecule has 0 aromatic heterocycles. The fourth-order valence-electron chi connectivity index (χ4n) is 7.12. The van der Waals surface area contributed by atoms with Gasteiger partial charge in [0.1, 0.15) is 30.5 Å². The molecule has 1 amide bonds. The molecule has 10 nitrogen and oxygen atoms in total. The highest BCUT2D eigenvalue weighted by atomic mass is 16.7. The number of allylic oxidation sites excluding steroid dienone is 3. The molecule has 8 atom stereocenters. The largest absolute Gasteiger partial charge is 0.394 e. The molecule has 0 radical (unpaired) electrons. The van der Waals surface area contributed by atoms with Crippen LogP contribution in [0.4, 0.5) is 0 Å². The first-order valence-corrected chi connectivity index (χ1v) is 22.7. The van der Waals surface area contributed by atoms with E-state index in [0.717, 1.165) is 32.1 Å². The Kier molecular flexibility index (Phi) is 33.6. The molecule has 10 heteroatoms. The second-order valence-electron chi connectivity index (χ2n) is 16.0. The van der Waals surface area contributed by atoms with Crippen molar-refractivity contribution in [1.82, 2.24) is 5.32 Å². The standard InChI is InChI=1S/C45H85NO9/c1-3-5-7-9-11-13-15-17-19-21-23-25-27-29-31-33-38(48)37(36-54-45-43(52)42(51)41(50)40(35-47)55-45)46-44(53)39(49)34-32-30-28-26-24-22-20-18-16-14-12-10-8-6-4-2/h23,25,31,33,37-43,45,47-52H,3-22,24,26-30,32,34-36H2,1-2H3,(H,46,53)/b25-23+,33-31+. The van der Waals surface area contributed by atoms with Gasteiger partial charge >= 0.3 is 0 Å². The predicted molar refractivity (Wildman–Crippen MR) is 223 cm³/mol. The maximum absolute atomic E-state index is 13.0. The topological polar surface area (TPSA) is 169 Å². The number of amides is 1. The lowest BCUT2D eigenvalue weighted by Gasteiger charge is -2.40. The van der Waals surface area contributed by atoms with Crippen molar-refractivity contribution in [3.63, 3.8) is 0 Å². The fourth-order valence-corrected chi connectivity index (χ4v) is 7.12. The van der Waals surface area contributed by atoms with Gasteiger partial charge in [0.15, 0.2) is 6.29 Å². The van der Waals surface area contributed by atoms with E-state index in [-0.39, 0.29) is 6.61 Å². The van der Waals surface area contributed by atoms with E-state index in [0.29, 0.717) is 19.3 Å². The minimum atomic E-state index is -1.61. The highest BCUT2D eigenvalue weighted by Gasteiger charge is 2.44. The number of carbonyl (C=O) groups is 1. The van der Waals surface area contributed by atoms with Gasteiger partial charge in [-0.25, -0.2) is 0 Å². The normalized spacial score (nSPS) is 22.1. The van der Waals surface area contributed by atoms with Gasteiger partial charge in [-0.3, -0.25) is 4.79 Å². The summed E-state index contributed by atoms with van der Waals surface area (Å²) in [5.74, 6) is -0.625. The number of aliphatic hydroxyl groups excluding tert-OH is 6. The lowest BCUT2D eigenvalue weighted by molar-refractivity contribution is -0.302. The molecule has 55 heavy (non-hydrogen) atoms. The Morgan fingerprint density at radius 2 is 1.07 bits per heavy atom. The van der Waals surface area contributed by atoms with E-state index in [1.165, 1.54) is 128 Å². The van der Waals surface area contributed by atoms with Gasteiger partial charge in [0.05, 0.1) is 25.4 Å². The number of hydrogen-bond donors (Lipinski definition) is 7. The van der Waals surface area contributed by atoms with E-state index in [9.17, 15) is 35.4 Å². The SMILES string of the molecule is CCCCCCCCCCC/C=C/CC/C=C/C(O)C(COC1OC(CO)C(O)C(O)C1O)NC(=O)C(O)CCCCCCCCCCCCCCCCC. The number of aliphatic hydroxyl groups is 6. The van der Waals surface area contributed by atoms with Crippen LogP contribution in [-0.2, 0) is 14.3 Å². The third-order valence-corrected chi connectivity index (χ3v) is 10.9. The Labute approximate surface area is 335 Å². The summed E-state index contributed by atoms with van der Waals surface area (Å²) in [6.07, 6.45) is 31.2. The van der Waals surface area contributed by atoms with Crippen LogP contribution in [0.1, 0.15) is 194 Å². The zero-order valence-corrected chi connectivity index (χ0v) is 35.0. The van der Waals surface area contributed by atoms with Crippen molar-refractivity contribution in [1.29, 1.82) is 0 Å². The van der Waals surface area contributed by atoms with Crippen molar-refractivity contribution in [2.24, 2.45) is 0 Å². The van der Waals surface area contributed by atoms with Gasteiger partial charge in [0.2, 0.25) is 5.91 Å². The third kappa shape index (κ3) is 26.3. The Bertz CT molecular complexity index is 932. The van der Waals surface area contributed by atoms with E-state index in [1.807, 2.05) is 6.08 Å². The molecule has 0 aromatic carbocycles. The summed E-state index contributed by atoms with van der Waals surface area (Å²) < 4.78 is 11.1. The van der Waals surface area contributed by atoms with Gasteiger partial charge in [-0.15, -0.1) is 0 Å². The molecule has 1 fully saturated rings. The van der Waals surface area contributed by atoms with Crippen molar-refractivity contribution >= 4 is 5.91 Å². The first-order chi connectivity index (χ1) is 26.8. The first kappa shape index (κ1) is 51.6. The van der Waals surface area contributed by atoms with Crippen molar-refractivity contribution in [3.8, 4) is 0 Å². The summed E-state index contributed by atoms with van der Waals surface area (Å²) in [4.78, 5) is 13.0. The number of hydrogen-bond acceptors (Lipinski definition) is 9. The number of carbonyl (C=O) groups excluding carboxylic acids is 1. The highest BCUT2D eigenvalue weighted by Crippen LogP contribution is 2.22. The number of nitrogens with one attached hydrogen (secondary N) is 1. The maximum atomic E-state index is 13.0. The van der Waals surface area contributed by atoms with Crippen LogP contribution >= 0.6 is 0 Å². The van der Waals surface area contributed by atoms with Crippen molar-refractivity contribution < 1.29 is 44.9 Å². The Morgan fingerprint density at radius 3 is 1.58 bits per heavy atom. The third-order valence-electron chi connectivity index (χ3n) is 10.9. The molecular weight excluding hydrogens is 698 g/mol.